The number of aromatic nitrogens is 4. The van der Waals surface area contributed by atoms with Crippen LogP contribution in [0.1, 0.15) is 35.5 Å². The predicted molar refractivity (Wildman–Crippen MR) is 88.3 cm³/mol. The van der Waals surface area contributed by atoms with Gasteiger partial charge in [-0.05, 0) is 38.2 Å². The number of thiazole rings is 1. The van der Waals surface area contributed by atoms with Crippen LogP contribution in [-0.4, -0.2) is 19.2 Å². The van der Waals surface area contributed by atoms with Crippen molar-refractivity contribution >= 4 is 16.3 Å². The second-order valence-corrected chi connectivity index (χ2v) is 6.74. The lowest BCUT2D eigenvalue weighted by Gasteiger charge is -2.15. The molecule has 0 radical (unpaired) electrons. The molecular formula is C16H16N4O2S. The first-order chi connectivity index (χ1) is 11.1. The van der Waals surface area contributed by atoms with E-state index in [0.717, 1.165) is 42.6 Å². The normalized spacial score (nSPS) is 14.1. The van der Waals surface area contributed by atoms with Crippen LogP contribution in [-0.2, 0) is 19.4 Å². The van der Waals surface area contributed by atoms with Crippen LogP contribution in [0.3, 0.4) is 0 Å². The van der Waals surface area contributed by atoms with Crippen LogP contribution in [0, 0.1) is 6.92 Å². The molecule has 0 bridgehead atoms. The lowest BCUT2D eigenvalue weighted by molar-refractivity contribution is 0.569. The highest BCUT2D eigenvalue weighted by molar-refractivity contribution is 7.15. The third-order valence-electron chi connectivity index (χ3n) is 4.21. The zero-order valence-electron chi connectivity index (χ0n) is 12.8. The maximum Gasteiger partial charge on any atom is 0.267 e. The number of aryl methyl sites for hydroxylation is 3. The van der Waals surface area contributed by atoms with Crippen LogP contribution in [0.2, 0.25) is 0 Å². The molecule has 0 aromatic carbocycles. The van der Waals surface area contributed by atoms with Crippen molar-refractivity contribution in [1.82, 2.24) is 19.2 Å². The molecule has 3 heterocycles. The minimum Gasteiger partial charge on any atom is -0.269 e. The molecule has 0 spiro atoms. The molecule has 0 aliphatic heterocycles. The van der Waals surface area contributed by atoms with Gasteiger partial charge in [-0.1, -0.05) is 0 Å². The van der Waals surface area contributed by atoms with Crippen molar-refractivity contribution < 1.29 is 0 Å². The third kappa shape index (κ3) is 2.50. The Balaban J connectivity index is 1.76. The van der Waals surface area contributed by atoms with E-state index in [4.69, 9.17) is 0 Å². The van der Waals surface area contributed by atoms with Crippen molar-refractivity contribution in [2.24, 2.45) is 0 Å². The van der Waals surface area contributed by atoms with Crippen molar-refractivity contribution in [2.75, 3.05) is 0 Å². The highest BCUT2D eigenvalue weighted by atomic mass is 32.1. The van der Waals surface area contributed by atoms with Gasteiger partial charge in [0, 0.05) is 23.2 Å². The monoisotopic (exact) mass is 328 g/mol. The fourth-order valence-electron chi connectivity index (χ4n) is 3.05. The highest BCUT2D eigenvalue weighted by Crippen LogP contribution is 2.17. The van der Waals surface area contributed by atoms with Gasteiger partial charge in [-0.15, -0.1) is 11.3 Å². The quantitative estimate of drug-likeness (QED) is 0.716. The molecule has 23 heavy (non-hydrogen) atoms. The fraction of sp³-hybridized carbons (Fsp3) is 0.375. The van der Waals surface area contributed by atoms with E-state index < -0.39 is 0 Å². The number of fused-ring (bicyclic) bond motifs is 2. The summed E-state index contributed by atoms with van der Waals surface area (Å²) in [5.74, 6) is 0. The Kier molecular flexibility index (Phi) is 3.37. The molecule has 0 amide bonds. The summed E-state index contributed by atoms with van der Waals surface area (Å²) in [5, 5.41) is 6.38. The molecule has 0 saturated heterocycles. The molecule has 3 aromatic rings. The largest absolute Gasteiger partial charge is 0.269 e. The molecular weight excluding hydrogens is 312 g/mol. The molecule has 0 saturated carbocycles. The molecule has 3 aromatic heterocycles. The lowest BCUT2D eigenvalue weighted by Crippen LogP contribution is -2.28. The van der Waals surface area contributed by atoms with Gasteiger partial charge in [-0.3, -0.25) is 14.0 Å². The first-order valence-corrected chi connectivity index (χ1v) is 8.56. The van der Waals surface area contributed by atoms with Gasteiger partial charge < -0.3 is 0 Å². The zero-order chi connectivity index (χ0) is 16.0. The Morgan fingerprint density at radius 1 is 1.17 bits per heavy atom. The fourth-order valence-corrected chi connectivity index (χ4v) is 3.94. The number of nitrogens with zero attached hydrogens (tertiary/aromatic N) is 4. The SMILES string of the molecule is Cc1csc2nc(Cn3nc4c(cc3=O)CCCC4)cc(=O)n12. The van der Waals surface area contributed by atoms with Crippen LogP contribution in [0.15, 0.2) is 27.1 Å². The third-order valence-corrected chi connectivity index (χ3v) is 5.16. The van der Waals surface area contributed by atoms with Gasteiger partial charge in [-0.2, -0.15) is 5.10 Å². The standard InChI is InChI=1S/C16H16N4O2S/c1-10-9-23-16-17-12(7-15(22)20(10)16)8-19-14(21)6-11-4-2-3-5-13(11)18-19/h6-7,9H,2-5,8H2,1H3. The van der Waals surface area contributed by atoms with E-state index in [0.29, 0.717) is 10.7 Å². The number of hydrogen-bond donors (Lipinski definition) is 0. The Morgan fingerprint density at radius 3 is 2.87 bits per heavy atom. The maximum atomic E-state index is 12.2. The molecule has 1 aliphatic carbocycles. The van der Waals surface area contributed by atoms with Crippen LogP contribution in [0.4, 0.5) is 0 Å². The van der Waals surface area contributed by atoms with Gasteiger partial charge in [0.25, 0.3) is 11.1 Å². The minimum atomic E-state index is -0.130. The Bertz CT molecular complexity index is 1020. The zero-order valence-corrected chi connectivity index (χ0v) is 13.6. The van der Waals surface area contributed by atoms with Gasteiger partial charge in [0.1, 0.15) is 0 Å². The predicted octanol–water partition coefficient (Wildman–Crippen LogP) is 1.55. The summed E-state index contributed by atoms with van der Waals surface area (Å²) in [4.78, 5) is 29.6. The molecule has 4 rings (SSSR count). The Labute approximate surface area is 136 Å². The second-order valence-electron chi connectivity index (χ2n) is 5.90. The molecule has 6 nitrogen and oxygen atoms in total. The molecule has 118 valence electrons. The summed E-state index contributed by atoms with van der Waals surface area (Å²) in [6, 6.07) is 3.17. The summed E-state index contributed by atoms with van der Waals surface area (Å²) in [7, 11) is 0. The summed E-state index contributed by atoms with van der Waals surface area (Å²) in [5.41, 5.74) is 3.26. The summed E-state index contributed by atoms with van der Waals surface area (Å²) in [6.45, 7) is 2.11. The van der Waals surface area contributed by atoms with E-state index in [1.54, 1.807) is 10.5 Å². The molecule has 0 atom stereocenters. The van der Waals surface area contributed by atoms with E-state index in [2.05, 4.69) is 10.1 Å². The van der Waals surface area contributed by atoms with E-state index in [1.165, 1.54) is 22.1 Å². The van der Waals surface area contributed by atoms with E-state index in [-0.39, 0.29) is 17.7 Å². The van der Waals surface area contributed by atoms with Crippen molar-refractivity contribution in [3.05, 3.63) is 60.9 Å². The molecule has 0 N–H and O–H groups in total. The van der Waals surface area contributed by atoms with E-state index in [1.807, 2.05) is 12.3 Å². The van der Waals surface area contributed by atoms with E-state index in [9.17, 15) is 9.59 Å². The topological polar surface area (TPSA) is 69.3 Å². The Hall–Kier alpha value is -2.28. The minimum absolute atomic E-state index is 0.116. The molecule has 7 heteroatoms. The van der Waals surface area contributed by atoms with Gasteiger partial charge >= 0.3 is 0 Å². The van der Waals surface area contributed by atoms with Crippen molar-refractivity contribution in [3.8, 4) is 0 Å². The highest BCUT2D eigenvalue weighted by Gasteiger charge is 2.14. The van der Waals surface area contributed by atoms with Gasteiger partial charge in [0.15, 0.2) is 4.96 Å². The average molecular weight is 328 g/mol. The smallest absolute Gasteiger partial charge is 0.267 e. The van der Waals surface area contributed by atoms with Crippen LogP contribution in [0.5, 0.6) is 0 Å². The first-order valence-electron chi connectivity index (χ1n) is 7.68. The molecule has 1 aliphatic rings. The average Bonchev–Trinajstić information content (AvgIpc) is 2.90. The van der Waals surface area contributed by atoms with Crippen LogP contribution >= 0.6 is 11.3 Å². The van der Waals surface area contributed by atoms with Crippen LogP contribution < -0.4 is 11.1 Å². The maximum absolute atomic E-state index is 12.2. The van der Waals surface area contributed by atoms with Crippen molar-refractivity contribution in [3.63, 3.8) is 0 Å². The molecule has 0 unspecified atom stereocenters. The van der Waals surface area contributed by atoms with Gasteiger partial charge in [-0.25, -0.2) is 9.67 Å². The Morgan fingerprint density at radius 2 is 2.00 bits per heavy atom. The van der Waals surface area contributed by atoms with Crippen molar-refractivity contribution in [1.29, 1.82) is 0 Å². The van der Waals surface area contributed by atoms with Crippen LogP contribution in [0.25, 0.3) is 4.96 Å². The first kappa shape index (κ1) is 14.3. The molecule has 0 fully saturated rings. The summed E-state index contributed by atoms with van der Waals surface area (Å²) >= 11 is 1.42. The summed E-state index contributed by atoms with van der Waals surface area (Å²) in [6.07, 6.45) is 4.07. The van der Waals surface area contributed by atoms with E-state index >= 15 is 0 Å². The number of hydrogen-bond acceptors (Lipinski definition) is 5. The van der Waals surface area contributed by atoms with Crippen molar-refractivity contribution in [2.45, 2.75) is 39.2 Å². The van der Waals surface area contributed by atoms with Gasteiger partial charge in [0.05, 0.1) is 17.9 Å². The van der Waals surface area contributed by atoms with Gasteiger partial charge in [0.2, 0.25) is 0 Å². The summed E-state index contributed by atoms with van der Waals surface area (Å²) < 4.78 is 3.00. The lowest BCUT2D eigenvalue weighted by atomic mass is 9.97. The number of rotatable bonds is 2. The second kappa shape index (κ2) is 5.42.